The molecule has 0 radical (unpaired) electrons. The number of ether oxygens (including phenoxy) is 2. The third-order valence-corrected chi connectivity index (χ3v) is 6.20. The van der Waals surface area contributed by atoms with E-state index in [-0.39, 0.29) is 6.54 Å². The molecular weight excluding hydrogens is 502 g/mol. The number of hydrogen-bond acceptors (Lipinski definition) is 6. The molecule has 0 bridgehead atoms. The smallest absolute Gasteiger partial charge is 0.408 e. The highest BCUT2D eigenvalue weighted by Crippen LogP contribution is 2.28. The molecule has 8 nitrogen and oxygen atoms in total. The van der Waals surface area contributed by atoms with Gasteiger partial charge in [-0.1, -0.05) is 24.1 Å². The van der Waals surface area contributed by atoms with Gasteiger partial charge in [0.25, 0.3) is 5.91 Å². The van der Waals surface area contributed by atoms with E-state index in [4.69, 9.17) is 15.9 Å². The van der Waals surface area contributed by atoms with Gasteiger partial charge in [0.05, 0.1) is 7.11 Å². The lowest BCUT2D eigenvalue weighted by molar-refractivity contribution is -0.140. The minimum atomic E-state index is -1.04. The van der Waals surface area contributed by atoms with Crippen LogP contribution in [-0.4, -0.2) is 60.1 Å². The van der Waals surface area contributed by atoms with Crippen molar-refractivity contribution in [2.75, 3.05) is 31.0 Å². The van der Waals surface area contributed by atoms with E-state index >= 15 is 0 Å². The summed E-state index contributed by atoms with van der Waals surface area (Å²) in [6, 6.07) is 12.0. The SMILES string of the molecule is C#Cc1ccccc1C(C(=O)Nc1ccc(OC)cc1)N(CC)C(=O)C(CCSC)NC(=O)OC(C)(C)C. The van der Waals surface area contributed by atoms with Gasteiger partial charge in [-0.25, -0.2) is 4.79 Å². The average Bonchev–Trinajstić information content (AvgIpc) is 2.88. The van der Waals surface area contributed by atoms with E-state index in [2.05, 4.69) is 16.6 Å². The van der Waals surface area contributed by atoms with E-state index in [9.17, 15) is 14.4 Å². The molecule has 204 valence electrons. The lowest BCUT2D eigenvalue weighted by Crippen LogP contribution is -2.52. The summed E-state index contributed by atoms with van der Waals surface area (Å²) in [5.74, 6) is 3.04. The number of hydrogen-bond donors (Lipinski definition) is 2. The number of rotatable bonds is 11. The summed E-state index contributed by atoms with van der Waals surface area (Å²) >= 11 is 1.55. The molecule has 0 heterocycles. The summed E-state index contributed by atoms with van der Waals surface area (Å²) in [6.07, 6.45) is 7.35. The maximum absolute atomic E-state index is 13.9. The van der Waals surface area contributed by atoms with Gasteiger partial charge in [0.1, 0.15) is 23.4 Å². The number of methoxy groups -OCH3 is 1. The molecule has 2 unspecified atom stereocenters. The highest BCUT2D eigenvalue weighted by molar-refractivity contribution is 7.98. The normalized spacial score (nSPS) is 12.4. The van der Waals surface area contributed by atoms with Gasteiger partial charge in [-0.05, 0) is 82.0 Å². The number of alkyl carbamates (subject to hydrolysis) is 1. The fourth-order valence-electron chi connectivity index (χ4n) is 3.81. The lowest BCUT2D eigenvalue weighted by Gasteiger charge is -2.34. The zero-order chi connectivity index (χ0) is 28.3. The molecule has 2 aromatic rings. The Morgan fingerprint density at radius 1 is 1.11 bits per heavy atom. The minimum absolute atomic E-state index is 0.199. The minimum Gasteiger partial charge on any atom is -0.497 e. The number of amides is 3. The monoisotopic (exact) mass is 539 g/mol. The largest absolute Gasteiger partial charge is 0.497 e. The van der Waals surface area contributed by atoms with Crippen LogP contribution < -0.4 is 15.4 Å². The van der Waals surface area contributed by atoms with Crippen LogP contribution in [0.15, 0.2) is 48.5 Å². The first-order valence-corrected chi connectivity index (χ1v) is 13.7. The Balaban J connectivity index is 2.48. The van der Waals surface area contributed by atoms with E-state index in [0.717, 1.165) is 0 Å². The van der Waals surface area contributed by atoms with Gasteiger partial charge in [-0.2, -0.15) is 11.8 Å². The summed E-state index contributed by atoms with van der Waals surface area (Å²) in [5.41, 5.74) is 0.813. The highest BCUT2D eigenvalue weighted by atomic mass is 32.2. The Morgan fingerprint density at radius 3 is 2.32 bits per heavy atom. The Morgan fingerprint density at radius 2 is 1.76 bits per heavy atom. The van der Waals surface area contributed by atoms with Crippen molar-refractivity contribution in [2.45, 2.75) is 51.8 Å². The van der Waals surface area contributed by atoms with Crippen molar-refractivity contribution in [2.24, 2.45) is 0 Å². The third kappa shape index (κ3) is 8.73. The van der Waals surface area contributed by atoms with Gasteiger partial charge in [0, 0.05) is 17.8 Å². The van der Waals surface area contributed by atoms with E-state index in [1.807, 2.05) is 6.26 Å². The van der Waals surface area contributed by atoms with Crippen LogP contribution in [0.4, 0.5) is 10.5 Å². The number of terminal acetylenes is 1. The van der Waals surface area contributed by atoms with Gasteiger partial charge < -0.3 is 25.0 Å². The van der Waals surface area contributed by atoms with Gasteiger partial charge in [0.15, 0.2) is 0 Å². The molecule has 0 aromatic heterocycles. The second-order valence-electron chi connectivity index (χ2n) is 9.46. The summed E-state index contributed by atoms with van der Waals surface area (Å²) in [4.78, 5) is 41.7. The molecule has 2 aromatic carbocycles. The number of nitrogens with one attached hydrogen (secondary N) is 2. The Kier molecular flexibility index (Phi) is 11.5. The molecule has 0 saturated heterocycles. The maximum atomic E-state index is 13.9. The van der Waals surface area contributed by atoms with Gasteiger partial charge in [-0.3, -0.25) is 9.59 Å². The molecule has 0 spiro atoms. The molecular formula is C29H37N3O5S. The second kappa shape index (κ2) is 14.3. The van der Waals surface area contributed by atoms with Crippen molar-refractivity contribution < 1.29 is 23.9 Å². The predicted molar refractivity (Wildman–Crippen MR) is 152 cm³/mol. The Bertz CT molecular complexity index is 1140. The number of anilines is 1. The van der Waals surface area contributed by atoms with E-state index < -0.39 is 35.6 Å². The van der Waals surface area contributed by atoms with E-state index in [0.29, 0.717) is 34.7 Å². The van der Waals surface area contributed by atoms with Crippen molar-refractivity contribution in [1.29, 1.82) is 0 Å². The van der Waals surface area contributed by atoms with E-state index in [1.165, 1.54) is 4.90 Å². The van der Waals surface area contributed by atoms with Crippen LogP contribution in [0, 0.1) is 12.3 Å². The maximum Gasteiger partial charge on any atom is 0.408 e. The molecule has 0 aliphatic carbocycles. The topological polar surface area (TPSA) is 97.0 Å². The average molecular weight is 540 g/mol. The number of likely N-dealkylation sites (N-methyl/N-ethyl adjacent to an activating group) is 1. The summed E-state index contributed by atoms with van der Waals surface area (Å²) in [7, 11) is 1.56. The molecule has 2 rings (SSSR count). The number of carbonyl (C=O) groups is 3. The third-order valence-electron chi connectivity index (χ3n) is 5.55. The summed E-state index contributed by atoms with van der Waals surface area (Å²) < 4.78 is 10.6. The molecule has 2 atom stereocenters. The van der Waals surface area contributed by atoms with Gasteiger partial charge >= 0.3 is 6.09 Å². The van der Waals surface area contributed by atoms with Crippen LogP contribution in [0.2, 0.25) is 0 Å². The van der Waals surface area contributed by atoms with Crippen LogP contribution in [0.1, 0.15) is 51.3 Å². The van der Waals surface area contributed by atoms with Crippen LogP contribution in [-0.2, 0) is 14.3 Å². The zero-order valence-electron chi connectivity index (χ0n) is 22.9. The molecule has 38 heavy (non-hydrogen) atoms. The standard InChI is InChI=1S/C29H37N3O5S/c1-8-20-12-10-11-13-23(20)25(26(33)30-21-14-16-22(36-6)17-15-21)32(9-2)27(34)24(18-19-38-7)31-28(35)37-29(3,4)5/h1,10-17,24-25H,9,18-19H2,2-7H3,(H,30,33)(H,31,35). The molecule has 0 aliphatic rings. The van der Waals surface area contributed by atoms with Crippen molar-refractivity contribution >= 4 is 35.4 Å². The first-order chi connectivity index (χ1) is 18.0. The van der Waals surface area contributed by atoms with Gasteiger partial charge in [-0.15, -0.1) is 6.42 Å². The number of thioether (sulfide) groups is 1. The van der Waals surface area contributed by atoms with Crippen LogP contribution >= 0.6 is 11.8 Å². The van der Waals surface area contributed by atoms with Gasteiger partial charge in [0.2, 0.25) is 5.91 Å². The number of benzene rings is 2. The van der Waals surface area contributed by atoms with Crippen LogP contribution in [0.25, 0.3) is 0 Å². The molecule has 9 heteroatoms. The fourth-order valence-corrected chi connectivity index (χ4v) is 4.28. The lowest BCUT2D eigenvalue weighted by atomic mass is 9.97. The molecule has 2 N–H and O–H groups in total. The fraction of sp³-hybridized carbons (Fsp3) is 0.414. The van der Waals surface area contributed by atoms with Crippen LogP contribution in [0.5, 0.6) is 5.75 Å². The van der Waals surface area contributed by atoms with Crippen molar-refractivity contribution in [3.8, 4) is 18.1 Å². The quantitative estimate of drug-likeness (QED) is 0.396. The van der Waals surface area contributed by atoms with Crippen LogP contribution in [0.3, 0.4) is 0 Å². The number of nitrogens with zero attached hydrogens (tertiary/aromatic N) is 1. The zero-order valence-corrected chi connectivity index (χ0v) is 23.7. The Hall–Kier alpha value is -3.64. The first kappa shape index (κ1) is 30.6. The number of carbonyl (C=O) groups excluding carboxylic acids is 3. The molecule has 0 saturated carbocycles. The van der Waals surface area contributed by atoms with Crippen molar-refractivity contribution in [3.63, 3.8) is 0 Å². The Labute approximate surface area is 229 Å². The predicted octanol–water partition coefficient (Wildman–Crippen LogP) is 4.85. The molecule has 3 amide bonds. The van der Waals surface area contributed by atoms with Crippen molar-refractivity contribution in [3.05, 3.63) is 59.7 Å². The van der Waals surface area contributed by atoms with E-state index in [1.54, 1.807) is 95.1 Å². The summed E-state index contributed by atoms with van der Waals surface area (Å²) in [6.45, 7) is 7.23. The summed E-state index contributed by atoms with van der Waals surface area (Å²) in [5, 5.41) is 5.60. The molecule has 0 fully saturated rings. The highest BCUT2D eigenvalue weighted by Gasteiger charge is 2.36. The molecule has 0 aliphatic heterocycles. The first-order valence-electron chi connectivity index (χ1n) is 12.3. The van der Waals surface area contributed by atoms with Crippen molar-refractivity contribution in [1.82, 2.24) is 10.2 Å². The second-order valence-corrected chi connectivity index (χ2v) is 10.4.